The van der Waals surface area contributed by atoms with Crippen LogP contribution < -0.4 is 0 Å². The van der Waals surface area contributed by atoms with Crippen LogP contribution in [0, 0.1) is 5.92 Å². The highest BCUT2D eigenvalue weighted by Gasteiger charge is 2.29. The van der Waals surface area contributed by atoms with Crippen molar-refractivity contribution in [3.63, 3.8) is 0 Å². The van der Waals surface area contributed by atoms with E-state index >= 15 is 0 Å². The van der Waals surface area contributed by atoms with E-state index < -0.39 is 9.84 Å². The van der Waals surface area contributed by atoms with Crippen LogP contribution in [-0.2, 0) is 29.1 Å². The predicted molar refractivity (Wildman–Crippen MR) is 103 cm³/mol. The summed E-state index contributed by atoms with van der Waals surface area (Å²) < 4.78 is 25.4. The van der Waals surface area contributed by atoms with Gasteiger partial charge in [-0.1, -0.05) is 36.4 Å². The molecule has 27 heavy (non-hydrogen) atoms. The second kappa shape index (κ2) is 7.60. The summed E-state index contributed by atoms with van der Waals surface area (Å²) in [5.41, 5.74) is 1.25. The topological polar surface area (TPSA) is 77.7 Å². The molecule has 7 heteroatoms. The van der Waals surface area contributed by atoms with Crippen molar-refractivity contribution in [3.8, 4) is 5.82 Å². The minimum atomic E-state index is -2.91. The summed E-state index contributed by atoms with van der Waals surface area (Å²) in [6, 6.07) is 15.9. The summed E-state index contributed by atoms with van der Waals surface area (Å²) in [7, 11) is -2.91. The standard InChI is InChI=1S/C20H22N4O2S/c25-27(26)13-11-17(15-27)14-20-22-18(10-9-16-6-2-1-3-7-16)23-24(20)19-8-4-5-12-21-19/h1-8,12,17H,9-11,13-15H2. The fraction of sp³-hybridized carbons (Fsp3) is 0.350. The van der Waals surface area contributed by atoms with Crippen LogP contribution in [0.25, 0.3) is 5.82 Å². The highest BCUT2D eigenvalue weighted by molar-refractivity contribution is 7.91. The SMILES string of the molecule is O=S1(=O)CCC(Cc2nc(CCc3ccccc3)nn2-c2ccccn2)C1. The lowest BCUT2D eigenvalue weighted by Crippen LogP contribution is -2.12. The van der Waals surface area contributed by atoms with Gasteiger partial charge in [0.25, 0.3) is 0 Å². The van der Waals surface area contributed by atoms with Crippen molar-refractivity contribution >= 4 is 9.84 Å². The quantitative estimate of drug-likeness (QED) is 0.654. The first-order valence-electron chi connectivity index (χ1n) is 9.20. The lowest BCUT2D eigenvalue weighted by atomic mass is 10.1. The van der Waals surface area contributed by atoms with Crippen LogP contribution in [0.4, 0.5) is 0 Å². The lowest BCUT2D eigenvalue weighted by molar-refractivity contribution is 0.558. The molecule has 3 heterocycles. The first-order valence-corrected chi connectivity index (χ1v) is 11.0. The fourth-order valence-electron chi connectivity index (χ4n) is 3.48. The molecule has 0 amide bonds. The van der Waals surface area contributed by atoms with Gasteiger partial charge in [0.15, 0.2) is 21.5 Å². The van der Waals surface area contributed by atoms with E-state index in [2.05, 4.69) is 22.2 Å². The van der Waals surface area contributed by atoms with Gasteiger partial charge in [-0.25, -0.2) is 18.4 Å². The van der Waals surface area contributed by atoms with Gasteiger partial charge >= 0.3 is 0 Å². The molecule has 6 nitrogen and oxygen atoms in total. The van der Waals surface area contributed by atoms with Gasteiger partial charge in [-0.3, -0.25) is 0 Å². The molecule has 0 spiro atoms. The fourth-order valence-corrected chi connectivity index (χ4v) is 5.35. The largest absolute Gasteiger partial charge is 0.237 e. The Hall–Kier alpha value is -2.54. The molecule has 3 aromatic rings. The van der Waals surface area contributed by atoms with E-state index in [1.165, 1.54) is 5.56 Å². The average Bonchev–Trinajstić information content (AvgIpc) is 3.24. The number of hydrogen-bond donors (Lipinski definition) is 0. The summed E-state index contributed by atoms with van der Waals surface area (Å²) in [5.74, 6) is 2.88. The van der Waals surface area contributed by atoms with Crippen molar-refractivity contribution < 1.29 is 8.42 Å². The van der Waals surface area contributed by atoms with Crippen molar-refractivity contribution in [2.24, 2.45) is 5.92 Å². The van der Waals surface area contributed by atoms with E-state index in [0.717, 1.165) is 24.5 Å². The number of benzene rings is 1. The van der Waals surface area contributed by atoms with Gasteiger partial charge in [0.05, 0.1) is 11.5 Å². The summed E-state index contributed by atoms with van der Waals surface area (Å²) >= 11 is 0. The number of rotatable bonds is 6. The van der Waals surface area contributed by atoms with E-state index in [4.69, 9.17) is 4.98 Å². The lowest BCUT2D eigenvalue weighted by Gasteiger charge is -2.08. The Labute approximate surface area is 159 Å². The molecule has 1 aliphatic rings. The summed E-state index contributed by atoms with van der Waals surface area (Å²) in [5, 5.41) is 4.67. The molecule has 1 aliphatic heterocycles. The highest BCUT2D eigenvalue weighted by atomic mass is 32.2. The molecular weight excluding hydrogens is 360 g/mol. The summed E-state index contributed by atoms with van der Waals surface area (Å²) in [4.78, 5) is 9.12. The molecule has 140 valence electrons. The Morgan fingerprint density at radius 1 is 1.04 bits per heavy atom. The molecular formula is C20H22N4O2S. The van der Waals surface area contributed by atoms with Crippen LogP contribution in [-0.4, -0.2) is 39.7 Å². The van der Waals surface area contributed by atoms with Gasteiger partial charge in [0.1, 0.15) is 5.82 Å². The molecule has 1 aromatic carbocycles. The Morgan fingerprint density at radius 2 is 1.85 bits per heavy atom. The maximum absolute atomic E-state index is 11.8. The molecule has 1 atom stereocenters. The van der Waals surface area contributed by atoms with Crippen molar-refractivity contribution in [3.05, 3.63) is 71.9 Å². The number of nitrogens with zero attached hydrogens (tertiary/aromatic N) is 4. The van der Waals surface area contributed by atoms with Crippen molar-refractivity contribution in [1.29, 1.82) is 0 Å². The van der Waals surface area contributed by atoms with Gasteiger partial charge in [-0.15, -0.1) is 5.10 Å². The normalized spacial score (nSPS) is 18.6. The smallest absolute Gasteiger partial charge is 0.155 e. The van der Waals surface area contributed by atoms with Crippen LogP contribution in [0.1, 0.15) is 23.6 Å². The minimum Gasteiger partial charge on any atom is -0.237 e. The number of pyridine rings is 1. The third-order valence-corrected chi connectivity index (χ3v) is 6.70. The van der Waals surface area contributed by atoms with E-state index in [-0.39, 0.29) is 17.4 Å². The van der Waals surface area contributed by atoms with Gasteiger partial charge in [-0.2, -0.15) is 4.68 Å². The molecule has 0 N–H and O–H groups in total. The van der Waals surface area contributed by atoms with Gasteiger partial charge in [-0.05, 0) is 36.5 Å². The summed E-state index contributed by atoms with van der Waals surface area (Å²) in [6.45, 7) is 0. The van der Waals surface area contributed by atoms with Crippen LogP contribution in [0.2, 0.25) is 0 Å². The average molecular weight is 382 g/mol. The second-order valence-corrected chi connectivity index (χ2v) is 9.23. The zero-order valence-corrected chi connectivity index (χ0v) is 15.8. The molecule has 2 aromatic heterocycles. The molecule has 1 fully saturated rings. The molecule has 1 unspecified atom stereocenters. The van der Waals surface area contributed by atoms with Crippen molar-refractivity contribution in [1.82, 2.24) is 19.7 Å². The van der Waals surface area contributed by atoms with Crippen LogP contribution in [0.5, 0.6) is 0 Å². The van der Waals surface area contributed by atoms with E-state index in [1.54, 1.807) is 10.9 Å². The maximum atomic E-state index is 11.8. The van der Waals surface area contributed by atoms with Crippen LogP contribution >= 0.6 is 0 Å². The molecule has 4 rings (SSSR count). The molecule has 0 bridgehead atoms. The maximum Gasteiger partial charge on any atom is 0.155 e. The Kier molecular flexibility index (Phi) is 5.03. The van der Waals surface area contributed by atoms with E-state index in [9.17, 15) is 8.42 Å². The highest BCUT2D eigenvalue weighted by Crippen LogP contribution is 2.23. The number of sulfone groups is 1. The number of aryl methyl sites for hydroxylation is 2. The predicted octanol–water partition coefficient (Wildman–Crippen LogP) is 2.42. The molecule has 0 radical (unpaired) electrons. The van der Waals surface area contributed by atoms with Crippen LogP contribution in [0.3, 0.4) is 0 Å². The van der Waals surface area contributed by atoms with Gasteiger partial charge in [0, 0.05) is 19.0 Å². The first-order chi connectivity index (χ1) is 13.1. The van der Waals surface area contributed by atoms with Crippen molar-refractivity contribution in [2.75, 3.05) is 11.5 Å². The first kappa shape index (κ1) is 17.9. The third-order valence-electron chi connectivity index (χ3n) is 4.86. The van der Waals surface area contributed by atoms with Crippen LogP contribution in [0.15, 0.2) is 54.7 Å². The Balaban J connectivity index is 1.57. The molecule has 0 aliphatic carbocycles. The van der Waals surface area contributed by atoms with E-state index in [1.807, 2.05) is 36.4 Å². The zero-order chi connectivity index (χ0) is 18.7. The van der Waals surface area contributed by atoms with Gasteiger partial charge in [0.2, 0.25) is 0 Å². The second-order valence-electron chi connectivity index (χ2n) is 7.00. The Morgan fingerprint density at radius 3 is 2.56 bits per heavy atom. The zero-order valence-electron chi connectivity index (χ0n) is 15.0. The van der Waals surface area contributed by atoms with E-state index in [0.29, 0.717) is 18.7 Å². The molecule has 1 saturated heterocycles. The monoisotopic (exact) mass is 382 g/mol. The third kappa shape index (κ3) is 4.42. The summed E-state index contributed by atoms with van der Waals surface area (Å²) in [6.07, 6.45) is 4.62. The van der Waals surface area contributed by atoms with Crippen molar-refractivity contribution in [2.45, 2.75) is 25.7 Å². The number of aromatic nitrogens is 4. The van der Waals surface area contributed by atoms with Gasteiger partial charge < -0.3 is 0 Å². The molecule has 0 saturated carbocycles. The minimum absolute atomic E-state index is 0.101. The number of hydrogen-bond acceptors (Lipinski definition) is 5. The Bertz CT molecular complexity index is 1000.